The van der Waals surface area contributed by atoms with Gasteiger partial charge >= 0.3 is 6.18 Å². The van der Waals surface area contributed by atoms with E-state index in [1.54, 1.807) is 6.92 Å². The summed E-state index contributed by atoms with van der Waals surface area (Å²) in [5, 5.41) is 25.2. The molecule has 3 N–H and O–H groups in total. The molecular weight excluding hydrogens is 441 g/mol. The van der Waals surface area contributed by atoms with Gasteiger partial charge in [0.25, 0.3) is 11.8 Å². The highest BCUT2D eigenvalue weighted by Crippen LogP contribution is 2.29. The van der Waals surface area contributed by atoms with Crippen LogP contribution in [0.3, 0.4) is 0 Å². The Morgan fingerprint density at radius 2 is 2.00 bits per heavy atom. The number of halogens is 3. The molecule has 12 heteroatoms. The Labute approximate surface area is 188 Å². The van der Waals surface area contributed by atoms with Crippen molar-refractivity contribution in [1.82, 2.24) is 24.9 Å². The fraction of sp³-hybridized carbons (Fsp3) is 0.429. The first kappa shape index (κ1) is 24.2. The lowest BCUT2D eigenvalue weighted by atomic mass is 10.1. The van der Waals surface area contributed by atoms with E-state index in [4.69, 9.17) is 5.41 Å². The zero-order valence-corrected chi connectivity index (χ0v) is 18.1. The standard InChI is InChI=1S/C21H25F3N6O3/c1-3-8-30-19(32)16(17(25)29(4-2)20(30)33)27-18(31)14-10-26-28(12-14)11-13-6-5-7-15(9-13)21(22,23)24/h5-7,9-10,12,16,20,25,33H,3-4,8,11H2,1-2H3,(H,27,31). The monoisotopic (exact) mass is 466 g/mol. The molecule has 1 saturated heterocycles. The summed E-state index contributed by atoms with van der Waals surface area (Å²) in [6, 6.07) is 3.52. The van der Waals surface area contributed by atoms with Gasteiger partial charge in [0.05, 0.1) is 23.9 Å². The molecule has 0 bridgehead atoms. The molecule has 2 unspecified atom stereocenters. The van der Waals surface area contributed by atoms with Gasteiger partial charge in [0.1, 0.15) is 5.84 Å². The Kier molecular flexibility index (Phi) is 7.06. The molecule has 2 atom stereocenters. The second-order valence-electron chi connectivity index (χ2n) is 7.58. The van der Waals surface area contributed by atoms with E-state index in [1.165, 1.54) is 39.0 Å². The maximum Gasteiger partial charge on any atom is 0.416 e. The molecule has 1 fully saturated rings. The Bertz CT molecular complexity index is 1040. The fourth-order valence-electron chi connectivity index (χ4n) is 3.60. The molecule has 2 aromatic rings. The number of carbonyl (C=O) groups excluding carboxylic acids is 2. The van der Waals surface area contributed by atoms with Crippen molar-refractivity contribution in [2.24, 2.45) is 0 Å². The van der Waals surface area contributed by atoms with Crippen molar-refractivity contribution < 1.29 is 27.9 Å². The number of nitrogens with one attached hydrogen (secondary N) is 2. The van der Waals surface area contributed by atoms with Gasteiger partial charge in [-0.3, -0.25) is 24.6 Å². The minimum atomic E-state index is -4.46. The quantitative estimate of drug-likeness (QED) is 0.577. The van der Waals surface area contributed by atoms with Gasteiger partial charge in [-0.2, -0.15) is 18.3 Å². The number of amides is 2. The number of nitrogens with zero attached hydrogens (tertiary/aromatic N) is 4. The van der Waals surface area contributed by atoms with E-state index < -0.39 is 35.9 Å². The highest BCUT2D eigenvalue weighted by molar-refractivity contribution is 6.11. The number of benzene rings is 1. The molecule has 3 rings (SSSR count). The Morgan fingerprint density at radius 1 is 1.27 bits per heavy atom. The second-order valence-corrected chi connectivity index (χ2v) is 7.58. The molecule has 0 spiro atoms. The smallest absolute Gasteiger partial charge is 0.356 e. The fourth-order valence-corrected chi connectivity index (χ4v) is 3.60. The van der Waals surface area contributed by atoms with Crippen molar-refractivity contribution in [3.05, 3.63) is 53.3 Å². The summed E-state index contributed by atoms with van der Waals surface area (Å²) in [4.78, 5) is 28.0. The number of rotatable bonds is 7. The highest BCUT2D eigenvalue weighted by atomic mass is 19.4. The van der Waals surface area contributed by atoms with Crippen LogP contribution in [-0.2, 0) is 17.5 Å². The largest absolute Gasteiger partial charge is 0.416 e. The van der Waals surface area contributed by atoms with Gasteiger partial charge in [-0.05, 0) is 31.0 Å². The Hall–Kier alpha value is -3.41. The minimum absolute atomic E-state index is 0.00939. The SMILES string of the molecule is CCCN1C(=O)C(NC(=O)c2cnn(Cc3cccc(C(F)(F)F)c3)c2)C(=N)N(CC)C1O. The molecule has 2 amide bonds. The summed E-state index contributed by atoms with van der Waals surface area (Å²) < 4.78 is 40.0. The van der Waals surface area contributed by atoms with Crippen LogP contribution in [0.4, 0.5) is 13.2 Å². The zero-order valence-electron chi connectivity index (χ0n) is 18.1. The number of carbonyl (C=O) groups is 2. The molecule has 2 heterocycles. The molecule has 9 nitrogen and oxygen atoms in total. The maximum atomic E-state index is 12.9. The molecule has 0 radical (unpaired) electrons. The van der Waals surface area contributed by atoms with Crippen molar-refractivity contribution in [3.8, 4) is 0 Å². The number of likely N-dealkylation sites (N-methyl/N-ethyl adjacent to an activating group) is 1. The summed E-state index contributed by atoms with van der Waals surface area (Å²) in [5.41, 5.74) is -0.343. The number of amidine groups is 1. The van der Waals surface area contributed by atoms with Gasteiger partial charge in [-0.15, -0.1) is 0 Å². The number of aliphatic hydroxyl groups is 1. The predicted molar refractivity (Wildman–Crippen MR) is 112 cm³/mol. The molecule has 0 saturated carbocycles. The van der Waals surface area contributed by atoms with Gasteiger partial charge < -0.3 is 15.3 Å². The minimum Gasteiger partial charge on any atom is -0.356 e. The first-order valence-electron chi connectivity index (χ1n) is 10.4. The van der Waals surface area contributed by atoms with E-state index in [2.05, 4.69) is 10.4 Å². The molecule has 1 aromatic heterocycles. The third-order valence-corrected chi connectivity index (χ3v) is 5.25. The number of aromatic nitrogens is 2. The lowest BCUT2D eigenvalue weighted by Gasteiger charge is -2.44. The molecule has 33 heavy (non-hydrogen) atoms. The average Bonchev–Trinajstić information content (AvgIpc) is 3.23. The van der Waals surface area contributed by atoms with Crippen molar-refractivity contribution in [2.45, 2.75) is 45.4 Å². The first-order valence-corrected chi connectivity index (χ1v) is 10.4. The summed E-state index contributed by atoms with van der Waals surface area (Å²) in [6.07, 6.45) is -2.58. The summed E-state index contributed by atoms with van der Waals surface area (Å²) in [7, 11) is 0. The van der Waals surface area contributed by atoms with Crippen LogP contribution in [0.2, 0.25) is 0 Å². The van der Waals surface area contributed by atoms with Crippen LogP contribution in [0.25, 0.3) is 0 Å². The van der Waals surface area contributed by atoms with Gasteiger partial charge in [0.2, 0.25) is 6.35 Å². The lowest BCUT2D eigenvalue weighted by molar-refractivity contribution is -0.158. The summed E-state index contributed by atoms with van der Waals surface area (Å²) >= 11 is 0. The molecule has 1 aliphatic rings. The topological polar surface area (TPSA) is 115 Å². The Morgan fingerprint density at radius 3 is 2.64 bits per heavy atom. The van der Waals surface area contributed by atoms with Gasteiger partial charge in [0, 0.05) is 19.3 Å². The summed E-state index contributed by atoms with van der Waals surface area (Å²) in [5.74, 6) is -1.49. The molecule has 0 aliphatic carbocycles. The van der Waals surface area contributed by atoms with Crippen molar-refractivity contribution in [3.63, 3.8) is 0 Å². The van der Waals surface area contributed by atoms with Crippen LogP contribution in [0.1, 0.15) is 41.8 Å². The number of alkyl halides is 3. The number of hydrogen-bond donors (Lipinski definition) is 3. The van der Waals surface area contributed by atoms with Crippen molar-refractivity contribution >= 4 is 17.6 Å². The molecule has 1 aliphatic heterocycles. The van der Waals surface area contributed by atoms with Crippen LogP contribution in [0, 0.1) is 5.41 Å². The second kappa shape index (κ2) is 9.61. The third-order valence-electron chi connectivity index (χ3n) is 5.25. The van der Waals surface area contributed by atoms with Crippen LogP contribution >= 0.6 is 0 Å². The third kappa shape index (κ3) is 5.16. The molecule has 1 aromatic carbocycles. The van der Waals surface area contributed by atoms with E-state index in [0.29, 0.717) is 12.0 Å². The molecule has 178 valence electrons. The summed E-state index contributed by atoms with van der Waals surface area (Å²) in [6.45, 7) is 4.08. The van der Waals surface area contributed by atoms with Gasteiger partial charge in [-0.1, -0.05) is 19.1 Å². The first-order chi connectivity index (χ1) is 15.6. The number of aliphatic hydroxyl groups excluding tert-OH is 1. The predicted octanol–water partition coefficient (Wildman–Crippen LogP) is 1.88. The van der Waals surface area contributed by atoms with E-state index in [0.717, 1.165) is 12.1 Å². The van der Waals surface area contributed by atoms with E-state index in [-0.39, 0.29) is 31.0 Å². The Balaban J connectivity index is 1.73. The van der Waals surface area contributed by atoms with Crippen molar-refractivity contribution in [2.75, 3.05) is 13.1 Å². The van der Waals surface area contributed by atoms with E-state index in [9.17, 15) is 27.9 Å². The number of hydrogen-bond acceptors (Lipinski definition) is 5. The zero-order chi connectivity index (χ0) is 24.3. The van der Waals surface area contributed by atoms with Crippen LogP contribution in [-0.4, -0.2) is 67.8 Å². The molecular formula is C21H25F3N6O3. The van der Waals surface area contributed by atoms with Gasteiger partial charge in [0.15, 0.2) is 6.04 Å². The van der Waals surface area contributed by atoms with E-state index >= 15 is 0 Å². The van der Waals surface area contributed by atoms with Crippen LogP contribution in [0.5, 0.6) is 0 Å². The highest BCUT2D eigenvalue weighted by Gasteiger charge is 2.43. The maximum absolute atomic E-state index is 12.9. The average molecular weight is 466 g/mol. The van der Waals surface area contributed by atoms with Crippen molar-refractivity contribution in [1.29, 1.82) is 5.41 Å². The lowest BCUT2D eigenvalue weighted by Crippen LogP contribution is -2.68. The normalized spacial score (nSPS) is 19.2. The van der Waals surface area contributed by atoms with Crippen LogP contribution < -0.4 is 5.32 Å². The van der Waals surface area contributed by atoms with Gasteiger partial charge in [-0.25, -0.2) is 0 Å². The van der Waals surface area contributed by atoms with Crippen LogP contribution in [0.15, 0.2) is 36.7 Å². The van der Waals surface area contributed by atoms with E-state index in [1.807, 2.05) is 6.92 Å².